The third-order valence-corrected chi connectivity index (χ3v) is 7.61. The number of benzene rings is 2. The number of ether oxygens (including phenoxy) is 1. The summed E-state index contributed by atoms with van der Waals surface area (Å²) in [6.07, 6.45) is 2.96. The van der Waals surface area contributed by atoms with Crippen molar-refractivity contribution in [1.82, 2.24) is 10.2 Å². The molecule has 37 heavy (non-hydrogen) atoms. The van der Waals surface area contributed by atoms with E-state index in [4.69, 9.17) is 39.5 Å². The molecule has 0 heterocycles. The Morgan fingerprint density at radius 2 is 1.70 bits per heavy atom. The molecule has 2 aromatic carbocycles. The van der Waals surface area contributed by atoms with Crippen LogP contribution in [0.25, 0.3) is 0 Å². The summed E-state index contributed by atoms with van der Waals surface area (Å²) in [7, 11) is -2.56. The zero-order chi connectivity index (χ0) is 27.8. The fourth-order valence-corrected chi connectivity index (χ4v) is 5.19. The van der Waals surface area contributed by atoms with E-state index in [0.717, 1.165) is 23.4 Å². The molecule has 0 fully saturated rings. The van der Waals surface area contributed by atoms with Crippen molar-refractivity contribution in [1.29, 1.82) is 0 Å². The molecule has 0 aromatic heterocycles. The van der Waals surface area contributed by atoms with Crippen molar-refractivity contribution >= 4 is 62.3 Å². The minimum atomic E-state index is -3.95. The second-order valence-electron chi connectivity index (χ2n) is 8.41. The Balaban J connectivity index is 2.51. The number of nitrogens with zero attached hydrogens (tertiary/aromatic N) is 2. The van der Waals surface area contributed by atoms with Crippen LogP contribution in [0.5, 0.6) is 5.75 Å². The number of carbonyl (C=O) groups is 2. The van der Waals surface area contributed by atoms with Crippen LogP contribution in [0.3, 0.4) is 0 Å². The van der Waals surface area contributed by atoms with E-state index in [1.165, 1.54) is 24.1 Å². The zero-order valence-electron chi connectivity index (χ0n) is 21.3. The number of unbranched alkanes of at least 4 members (excludes halogenated alkanes) is 1. The SMILES string of the molecule is CCCCNC(=O)[C@@H](CC)N(Cc1ccc(Cl)cc1Cl)C(=O)CN(c1cc(Cl)ccc1OC)S(C)(=O)=O. The molecule has 12 heteroatoms. The number of nitrogens with one attached hydrogen (secondary N) is 1. The molecule has 0 saturated heterocycles. The summed E-state index contributed by atoms with van der Waals surface area (Å²) in [5.41, 5.74) is 0.668. The molecule has 2 aromatic rings. The van der Waals surface area contributed by atoms with Crippen molar-refractivity contribution in [3.8, 4) is 5.75 Å². The van der Waals surface area contributed by atoms with Crippen LogP contribution in [0.1, 0.15) is 38.7 Å². The number of halogens is 3. The van der Waals surface area contributed by atoms with E-state index in [1.54, 1.807) is 31.2 Å². The predicted octanol–water partition coefficient (Wildman–Crippen LogP) is 5.15. The van der Waals surface area contributed by atoms with Gasteiger partial charge in [0.25, 0.3) is 0 Å². The number of hydrogen-bond acceptors (Lipinski definition) is 5. The summed E-state index contributed by atoms with van der Waals surface area (Å²) in [6, 6.07) is 8.45. The minimum Gasteiger partial charge on any atom is -0.495 e. The first-order chi connectivity index (χ1) is 17.4. The van der Waals surface area contributed by atoms with Crippen molar-refractivity contribution in [3.63, 3.8) is 0 Å². The largest absolute Gasteiger partial charge is 0.495 e. The van der Waals surface area contributed by atoms with Crippen molar-refractivity contribution in [2.24, 2.45) is 0 Å². The van der Waals surface area contributed by atoms with Crippen molar-refractivity contribution in [2.45, 2.75) is 45.7 Å². The Bertz CT molecular complexity index is 1210. The van der Waals surface area contributed by atoms with Crippen LogP contribution in [0.4, 0.5) is 5.69 Å². The monoisotopic (exact) mass is 591 g/mol. The van der Waals surface area contributed by atoms with Gasteiger partial charge in [0.2, 0.25) is 21.8 Å². The number of rotatable bonds is 13. The van der Waals surface area contributed by atoms with Gasteiger partial charge in [-0.3, -0.25) is 13.9 Å². The third kappa shape index (κ3) is 8.67. The summed E-state index contributed by atoms with van der Waals surface area (Å²) in [5.74, 6) is -0.712. The normalized spacial score (nSPS) is 12.1. The van der Waals surface area contributed by atoms with Crippen molar-refractivity contribution in [3.05, 3.63) is 57.0 Å². The molecule has 0 radical (unpaired) electrons. The molecule has 0 unspecified atom stereocenters. The van der Waals surface area contributed by atoms with E-state index in [0.29, 0.717) is 28.6 Å². The second-order valence-corrected chi connectivity index (χ2v) is 11.6. The van der Waals surface area contributed by atoms with Crippen LogP contribution < -0.4 is 14.4 Å². The molecule has 1 N–H and O–H groups in total. The quantitative estimate of drug-likeness (QED) is 0.325. The Labute approximate surface area is 233 Å². The molecular formula is C25H32Cl3N3O5S. The summed E-state index contributed by atoms with van der Waals surface area (Å²) in [5, 5.41) is 3.88. The van der Waals surface area contributed by atoms with Gasteiger partial charge in [-0.1, -0.05) is 61.1 Å². The number of anilines is 1. The van der Waals surface area contributed by atoms with E-state index in [9.17, 15) is 18.0 Å². The van der Waals surface area contributed by atoms with E-state index in [1.807, 2.05) is 6.92 Å². The minimum absolute atomic E-state index is 0.0289. The van der Waals surface area contributed by atoms with Crippen LogP contribution in [0, 0.1) is 0 Å². The predicted molar refractivity (Wildman–Crippen MR) is 149 cm³/mol. The first-order valence-electron chi connectivity index (χ1n) is 11.7. The number of sulfonamides is 1. The molecule has 0 spiro atoms. The lowest BCUT2D eigenvalue weighted by Gasteiger charge is -2.33. The van der Waals surface area contributed by atoms with Gasteiger partial charge in [0.15, 0.2) is 0 Å². The molecule has 2 rings (SSSR count). The van der Waals surface area contributed by atoms with Crippen molar-refractivity contribution in [2.75, 3.05) is 30.8 Å². The Morgan fingerprint density at radius 1 is 1.05 bits per heavy atom. The Kier molecular flexibility index (Phi) is 11.8. The first-order valence-corrected chi connectivity index (χ1v) is 14.7. The highest BCUT2D eigenvalue weighted by Crippen LogP contribution is 2.33. The lowest BCUT2D eigenvalue weighted by atomic mass is 10.1. The van der Waals surface area contributed by atoms with Crippen LogP contribution in [-0.4, -0.2) is 57.6 Å². The van der Waals surface area contributed by atoms with Crippen LogP contribution in [0.2, 0.25) is 15.1 Å². The van der Waals surface area contributed by atoms with Gasteiger partial charge >= 0.3 is 0 Å². The molecule has 2 amide bonds. The Morgan fingerprint density at radius 3 is 2.27 bits per heavy atom. The van der Waals surface area contributed by atoms with Gasteiger partial charge in [0, 0.05) is 28.2 Å². The molecular weight excluding hydrogens is 561 g/mol. The fraction of sp³-hybridized carbons (Fsp3) is 0.440. The van der Waals surface area contributed by atoms with E-state index >= 15 is 0 Å². The van der Waals surface area contributed by atoms with Crippen LogP contribution >= 0.6 is 34.8 Å². The van der Waals surface area contributed by atoms with Gasteiger partial charge < -0.3 is 15.0 Å². The molecule has 0 bridgehead atoms. The molecule has 0 aliphatic heterocycles. The third-order valence-electron chi connectivity index (χ3n) is 5.66. The van der Waals surface area contributed by atoms with Gasteiger partial charge in [-0.05, 0) is 48.7 Å². The van der Waals surface area contributed by atoms with Crippen molar-refractivity contribution < 1.29 is 22.7 Å². The van der Waals surface area contributed by atoms with E-state index < -0.39 is 28.5 Å². The molecule has 8 nitrogen and oxygen atoms in total. The molecule has 204 valence electrons. The van der Waals surface area contributed by atoms with Gasteiger partial charge in [0.05, 0.1) is 19.1 Å². The summed E-state index contributed by atoms with van der Waals surface area (Å²) in [4.78, 5) is 28.2. The average Bonchev–Trinajstić information content (AvgIpc) is 2.83. The first kappa shape index (κ1) is 31.0. The highest BCUT2D eigenvalue weighted by molar-refractivity contribution is 7.92. The maximum atomic E-state index is 13.8. The maximum Gasteiger partial charge on any atom is 0.244 e. The zero-order valence-corrected chi connectivity index (χ0v) is 24.3. The number of amides is 2. The molecule has 1 atom stereocenters. The van der Waals surface area contributed by atoms with Gasteiger partial charge in [0.1, 0.15) is 18.3 Å². The van der Waals surface area contributed by atoms with Gasteiger partial charge in [-0.2, -0.15) is 0 Å². The highest BCUT2D eigenvalue weighted by Gasteiger charge is 2.33. The summed E-state index contributed by atoms with van der Waals surface area (Å²) >= 11 is 18.5. The van der Waals surface area contributed by atoms with Gasteiger partial charge in [-0.15, -0.1) is 0 Å². The topological polar surface area (TPSA) is 96.0 Å². The van der Waals surface area contributed by atoms with Crippen LogP contribution in [0.15, 0.2) is 36.4 Å². The van der Waals surface area contributed by atoms with E-state index in [-0.39, 0.29) is 28.9 Å². The number of hydrogen-bond donors (Lipinski definition) is 1. The average molecular weight is 593 g/mol. The highest BCUT2D eigenvalue weighted by atomic mass is 35.5. The number of carbonyl (C=O) groups excluding carboxylic acids is 2. The van der Waals surface area contributed by atoms with E-state index in [2.05, 4.69) is 5.32 Å². The second kappa shape index (κ2) is 14.1. The summed E-state index contributed by atoms with van der Waals surface area (Å²) < 4.78 is 31.9. The smallest absolute Gasteiger partial charge is 0.244 e. The van der Waals surface area contributed by atoms with Crippen LogP contribution in [-0.2, 0) is 26.2 Å². The van der Waals surface area contributed by atoms with Gasteiger partial charge in [-0.25, -0.2) is 8.42 Å². The lowest BCUT2D eigenvalue weighted by Crippen LogP contribution is -2.52. The number of methoxy groups -OCH3 is 1. The lowest BCUT2D eigenvalue weighted by molar-refractivity contribution is -0.140. The standard InChI is InChI=1S/C25H32Cl3N3O5S/c1-5-7-12-29-25(33)21(6-2)30(15-17-8-9-18(26)13-20(17)28)24(32)16-31(37(4,34)35)22-14-19(27)10-11-23(22)36-3/h8-11,13-14,21H,5-7,12,15-16H2,1-4H3,(H,29,33)/t21-/m1/s1. The molecule has 0 aliphatic rings. The molecule has 0 aliphatic carbocycles. The maximum absolute atomic E-state index is 13.8. The summed E-state index contributed by atoms with van der Waals surface area (Å²) in [6.45, 7) is 3.64. The fourth-order valence-electron chi connectivity index (χ4n) is 3.71. The Hall–Kier alpha value is -2.20. The molecule has 0 saturated carbocycles.